The Hall–Kier alpha value is -0.193. The van der Waals surface area contributed by atoms with Gasteiger partial charge in [-0.3, -0.25) is 0 Å². The van der Waals surface area contributed by atoms with E-state index >= 15 is 0 Å². The van der Waals surface area contributed by atoms with Gasteiger partial charge in [0.2, 0.25) is 5.85 Å². The average molecular weight is 471 g/mol. The molecule has 2 atom stereocenters. The maximum atomic E-state index is 12.0. The van der Waals surface area contributed by atoms with Crippen LogP contribution in [0.5, 0.6) is 0 Å². The molecule has 0 bridgehead atoms. The number of carbonyl (C=O) groups is 1. The van der Waals surface area contributed by atoms with Crippen LogP contribution in [0, 0.1) is 0 Å². The minimum absolute atomic E-state index is 0.0938. The summed E-state index contributed by atoms with van der Waals surface area (Å²) in [5.74, 6) is -0.0938. The van der Waals surface area contributed by atoms with Gasteiger partial charge < -0.3 is 23.3 Å². The molecule has 0 aromatic carbocycles. The van der Waals surface area contributed by atoms with Crippen molar-refractivity contribution in [3.8, 4) is 0 Å². The molecule has 0 aromatic rings. The Bertz CT molecular complexity index is 464. The molecule has 0 saturated heterocycles. The first-order valence-electron chi connectivity index (χ1n) is 7.62. The second-order valence-electron chi connectivity index (χ2n) is 6.40. The van der Waals surface area contributed by atoms with E-state index in [2.05, 4.69) is 25.3 Å². The summed E-state index contributed by atoms with van der Waals surface area (Å²) in [6.07, 6.45) is 0.179. The third-order valence-electron chi connectivity index (χ3n) is 3.35. The van der Waals surface area contributed by atoms with Crippen molar-refractivity contribution in [1.29, 1.82) is 0 Å². The second kappa shape index (κ2) is 9.09. The molecule has 15 heteroatoms. The number of rotatable bonds is 8. The number of halogens is 6. The topological polar surface area (TPSA) is 66.0 Å². The fraction of sp³-hybridized carbons (Fsp3) is 0.917. The van der Waals surface area contributed by atoms with Crippen LogP contribution in [0.1, 0.15) is 20.3 Å². The van der Waals surface area contributed by atoms with Crippen molar-refractivity contribution in [2.45, 2.75) is 31.8 Å². The Morgan fingerprint density at radius 2 is 1.33 bits per heavy atom. The van der Waals surface area contributed by atoms with E-state index in [1.54, 1.807) is 0 Å². The molecule has 6 nitrogen and oxygen atoms in total. The summed E-state index contributed by atoms with van der Waals surface area (Å²) in [7, 11) is -10.2. The Morgan fingerprint density at radius 3 is 1.56 bits per heavy atom. The molecule has 0 aliphatic heterocycles. The van der Waals surface area contributed by atoms with E-state index in [1.807, 2.05) is 13.8 Å². The zero-order valence-corrected chi connectivity index (χ0v) is 19.4. The molecule has 1 amide bonds. The summed E-state index contributed by atoms with van der Waals surface area (Å²) in [4.78, 5) is 12.0. The van der Waals surface area contributed by atoms with Gasteiger partial charge in [0.05, 0.1) is 20.0 Å². The number of alkyl carbamates (subject to hydrolysis) is 1. The van der Waals surface area contributed by atoms with Crippen molar-refractivity contribution in [3.05, 3.63) is 0 Å². The van der Waals surface area contributed by atoms with Gasteiger partial charge in [0, 0.05) is 35.5 Å². The van der Waals surface area contributed by atoms with E-state index in [9.17, 15) is 30.0 Å². The predicted octanol–water partition coefficient (Wildman–Crippen LogP) is 5.54. The van der Waals surface area contributed by atoms with Gasteiger partial charge in [0.15, 0.2) is 0 Å². The van der Waals surface area contributed by atoms with Crippen LogP contribution >= 0.6 is 15.1 Å². The van der Waals surface area contributed by atoms with Crippen LogP contribution in [-0.4, -0.2) is 67.7 Å². The van der Waals surface area contributed by atoms with E-state index < -0.39 is 30.0 Å². The second-order valence-corrected chi connectivity index (χ2v) is 16.4. The van der Waals surface area contributed by atoms with E-state index in [0.717, 1.165) is 0 Å². The molecular weight excluding hydrogens is 442 g/mol. The number of hydrogen-bond donors (Lipinski definition) is 1. The first-order valence-corrected chi connectivity index (χ1v) is 14.6. The summed E-state index contributed by atoms with van der Waals surface area (Å²) in [6.45, 7) is 10.2. The van der Waals surface area contributed by atoms with Crippen LogP contribution in [0.15, 0.2) is 0 Å². The third-order valence-corrected chi connectivity index (χ3v) is 8.75. The third kappa shape index (κ3) is 15.4. The number of nitrogens with one attached hydrogen (secondary N) is 1. The van der Waals surface area contributed by atoms with Crippen molar-refractivity contribution in [3.63, 3.8) is 0 Å². The van der Waals surface area contributed by atoms with Crippen LogP contribution < -0.4 is 5.32 Å². The van der Waals surface area contributed by atoms with Gasteiger partial charge in [-0.15, -0.1) is 0 Å². The predicted molar refractivity (Wildman–Crippen MR) is 98.2 cm³/mol. The molecule has 0 rings (SSSR count). The zero-order valence-electron chi connectivity index (χ0n) is 16.6. The normalized spacial score (nSPS) is 17.6. The van der Waals surface area contributed by atoms with E-state index in [-0.39, 0.29) is 11.5 Å². The van der Waals surface area contributed by atoms with Gasteiger partial charge in [0.25, 0.3) is 0 Å². The number of amides is 1. The van der Waals surface area contributed by atoms with Crippen molar-refractivity contribution in [1.82, 2.24) is 5.32 Å². The van der Waals surface area contributed by atoms with E-state index in [0.29, 0.717) is 6.42 Å². The van der Waals surface area contributed by atoms with Crippen molar-refractivity contribution in [2.24, 2.45) is 0 Å². The summed E-state index contributed by atoms with van der Waals surface area (Å²) >= 11 is 0. The SMILES string of the molecule is CCC(NC(=O)OC(C)[P+](C)(C)C)[Si](OC)(OC)OC.F[P-](F)(F)(F)(F)F. The fourth-order valence-corrected chi connectivity index (χ4v) is 4.17. The van der Waals surface area contributed by atoms with Gasteiger partial charge in [-0.2, -0.15) is 0 Å². The first-order chi connectivity index (χ1) is 11.6. The van der Waals surface area contributed by atoms with Gasteiger partial charge in [-0.05, 0) is 6.42 Å². The zero-order chi connectivity index (χ0) is 22.4. The van der Waals surface area contributed by atoms with Crippen LogP contribution in [0.2, 0.25) is 0 Å². The van der Waals surface area contributed by atoms with E-state index in [4.69, 9.17) is 18.0 Å². The van der Waals surface area contributed by atoms with Gasteiger partial charge >= 0.3 is 47.9 Å². The molecule has 0 spiro atoms. The molecule has 0 heterocycles. The molecule has 0 aliphatic carbocycles. The van der Waals surface area contributed by atoms with Crippen molar-refractivity contribution in [2.75, 3.05) is 41.3 Å². The molecule has 2 unspecified atom stereocenters. The average Bonchev–Trinajstić information content (AvgIpc) is 2.43. The summed E-state index contributed by atoms with van der Waals surface area (Å²) in [5, 5.41) is 2.81. The molecular formula is C12H29F6NO5P2Si. The summed E-state index contributed by atoms with van der Waals surface area (Å²) < 4.78 is 80.8. The van der Waals surface area contributed by atoms with Crippen LogP contribution in [0.25, 0.3) is 0 Å². The van der Waals surface area contributed by atoms with Crippen LogP contribution in [0.3, 0.4) is 0 Å². The quantitative estimate of drug-likeness (QED) is 0.286. The standard InChI is InChI=1S/C12H28NO5PSi.F6P/c1-9-11(20(15-3,16-4)17-5)13-12(14)18-10(2)19(6,7)8;1-7(2,3,4,5)6/h10-11H,9H2,1-8H3;/q;-1/p+1. The Kier molecular flexibility index (Phi) is 9.76. The molecule has 0 radical (unpaired) electrons. The molecule has 0 aliphatic rings. The first kappa shape index (κ1) is 29.0. The Labute approximate surface area is 157 Å². The molecule has 1 N–H and O–H groups in total. The molecule has 27 heavy (non-hydrogen) atoms. The number of hydrogen-bond acceptors (Lipinski definition) is 5. The maximum absolute atomic E-state index is 12.0. The van der Waals surface area contributed by atoms with Gasteiger partial charge in [-0.1, -0.05) is 6.92 Å². The molecule has 168 valence electrons. The summed E-state index contributed by atoms with van der Waals surface area (Å²) in [6, 6.07) is 0. The van der Waals surface area contributed by atoms with Crippen molar-refractivity contribution >= 4 is 30.0 Å². The van der Waals surface area contributed by atoms with Crippen molar-refractivity contribution < 1.29 is 48.0 Å². The van der Waals surface area contributed by atoms with Gasteiger partial charge in [0.1, 0.15) is 5.67 Å². The molecule has 0 saturated carbocycles. The van der Waals surface area contributed by atoms with E-state index in [1.165, 1.54) is 21.3 Å². The summed E-state index contributed by atoms with van der Waals surface area (Å²) in [5.41, 5.74) is -0.333. The monoisotopic (exact) mass is 471 g/mol. The number of ether oxygens (including phenoxy) is 1. The van der Waals surface area contributed by atoms with Crippen LogP contribution in [0.4, 0.5) is 30.0 Å². The molecule has 0 aromatic heterocycles. The number of carbonyl (C=O) groups excluding carboxylic acids is 1. The minimum atomic E-state index is -10.7. The van der Waals surface area contributed by atoms with Gasteiger partial charge in [-0.25, -0.2) is 4.79 Å². The van der Waals surface area contributed by atoms with Crippen LogP contribution in [-0.2, 0) is 18.0 Å². The Balaban J connectivity index is 0. The Morgan fingerprint density at radius 1 is 1.00 bits per heavy atom. The fourth-order valence-electron chi connectivity index (χ4n) is 1.61. The molecule has 0 fully saturated rings.